The lowest BCUT2D eigenvalue weighted by molar-refractivity contribution is -0.0893. The van der Waals surface area contributed by atoms with Crippen LogP contribution in [0, 0.1) is 0 Å². The molecule has 5 N–H and O–H groups in total. The highest BCUT2D eigenvalue weighted by atomic mass is 16.6. The lowest BCUT2D eigenvalue weighted by atomic mass is 10.1. The molecule has 8 heteroatoms. The van der Waals surface area contributed by atoms with Crippen molar-refractivity contribution in [2.75, 3.05) is 13.1 Å². The average molecular weight is 251 g/mol. The number of nitrogens with one attached hydrogen (secondary N) is 1. The first-order valence-electron chi connectivity index (χ1n) is 6.66. The van der Waals surface area contributed by atoms with E-state index >= 15 is 0 Å². The van der Waals surface area contributed by atoms with Crippen LogP contribution in [0.1, 0.15) is 10.5 Å². The van der Waals surface area contributed by atoms with Crippen LogP contribution in [-0.2, 0) is 4.74 Å². The summed E-state index contributed by atoms with van der Waals surface area (Å²) in [4.78, 5) is 12.4. The summed E-state index contributed by atoms with van der Waals surface area (Å²) >= 11 is 0. The Kier molecular flexibility index (Phi) is 2.53. The van der Waals surface area contributed by atoms with Gasteiger partial charge in [0.1, 0.15) is 24.5 Å². The predicted molar refractivity (Wildman–Crippen MR) is 53.6 cm³/mol. The van der Waals surface area contributed by atoms with Gasteiger partial charge in [0.2, 0.25) is 0 Å². The van der Waals surface area contributed by atoms with Crippen molar-refractivity contribution in [3.05, 3.63) is 0 Å². The van der Waals surface area contributed by atoms with Crippen LogP contribution in [0.5, 0.6) is 0 Å². The van der Waals surface area contributed by atoms with Gasteiger partial charge < -0.3 is 30.5 Å². The van der Waals surface area contributed by atoms with Gasteiger partial charge in [0.15, 0.2) is 6.23 Å². The summed E-state index contributed by atoms with van der Waals surface area (Å²) in [6.45, 7) is -2.28. The highest BCUT2D eigenvalue weighted by molar-refractivity contribution is 5.75. The second kappa shape index (κ2) is 4.75. The summed E-state index contributed by atoms with van der Waals surface area (Å²) in [6.07, 6.45) is -9.97. The number of carbonyl (C=O) groups excluding carboxylic acids is 1. The Morgan fingerprint density at radius 1 is 1.53 bits per heavy atom. The molecule has 3 unspecified atom stereocenters. The Balaban J connectivity index is 2.22. The van der Waals surface area contributed by atoms with Crippen molar-refractivity contribution < 1.29 is 34.1 Å². The van der Waals surface area contributed by atoms with Gasteiger partial charge in [0, 0.05) is 15.7 Å². The third kappa shape index (κ3) is 2.22. The number of amides is 2. The maximum atomic E-state index is 11.8. The second-order valence-electron chi connectivity index (χ2n) is 3.77. The van der Waals surface area contributed by atoms with Gasteiger partial charge in [0.25, 0.3) is 0 Å². The van der Waals surface area contributed by atoms with E-state index in [1.807, 2.05) is 0 Å². The number of hydrogen-bond acceptors (Lipinski definition) is 6. The molecule has 0 aromatic heterocycles. The number of aliphatic hydroxyl groups is 4. The lowest BCUT2D eigenvalue weighted by Crippen LogP contribution is -2.57. The van der Waals surface area contributed by atoms with Gasteiger partial charge in [-0.05, 0) is 0 Å². The Hall–Kier alpha value is -0.930. The first-order valence-corrected chi connectivity index (χ1v) is 5.00. The van der Waals surface area contributed by atoms with Crippen molar-refractivity contribution in [1.82, 2.24) is 10.2 Å². The topological polar surface area (TPSA) is 122 Å². The molecule has 17 heavy (non-hydrogen) atoms. The van der Waals surface area contributed by atoms with E-state index in [0.29, 0.717) is 4.90 Å². The van der Waals surface area contributed by atoms with Gasteiger partial charge in [-0.3, -0.25) is 4.90 Å². The zero-order valence-electron chi connectivity index (χ0n) is 11.7. The minimum Gasteiger partial charge on any atom is -0.394 e. The maximum Gasteiger partial charge on any atom is 0.321 e. The SMILES string of the molecule is [2H]C1C([2H])C([2H])(O)NC(=O)N1[C@@H]1O[C@H](CO)[C@@H](O)[C@H]1O. The zero-order valence-corrected chi connectivity index (χ0v) is 8.72. The Bertz CT molecular complexity index is 400. The molecule has 2 aliphatic heterocycles. The van der Waals surface area contributed by atoms with Crippen molar-refractivity contribution in [3.8, 4) is 0 Å². The van der Waals surface area contributed by atoms with E-state index in [1.54, 1.807) is 5.32 Å². The molecule has 8 nitrogen and oxygen atoms in total. The fraction of sp³-hybridized carbons (Fsp3) is 0.889. The fourth-order valence-corrected chi connectivity index (χ4v) is 1.74. The van der Waals surface area contributed by atoms with Crippen LogP contribution in [0.3, 0.4) is 0 Å². The third-order valence-electron chi connectivity index (χ3n) is 2.65. The van der Waals surface area contributed by atoms with Crippen LogP contribution in [-0.4, -0.2) is 75.2 Å². The van der Waals surface area contributed by atoms with E-state index in [2.05, 4.69) is 0 Å². The summed E-state index contributed by atoms with van der Waals surface area (Å²) in [6, 6.07) is -1.08. The monoisotopic (exact) mass is 251 g/mol. The number of carbonyl (C=O) groups is 1. The number of hydrogen-bond donors (Lipinski definition) is 5. The molecule has 2 saturated heterocycles. The quantitative estimate of drug-likeness (QED) is 0.360. The molecular weight excluding hydrogens is 232 g/mol. The van der Waals surface area contributed by atoms with Gasteiger partial charge >= 0.3 is 6.03 Å². The van der Waals surface area contributed by atoms with Crippen molar-refractivity contribution in [2.45, 2.75) is 37.1 Å². The maximum absolute atomic E-state index is 11.8. The van der Waals surface area contributed by atoms with E-state index in [9.17, 15) is 20.1 Å². The summed E-state index contributed by atoms with van der Waals surface area (Å²) in [5.41, 5.74) is 0. The van der Waals surface area contributed by atoms with Gasteiger partial charge in [-0.2, -0.15) is 0 Å². The highest BCUT2D eigenvalue weighted by Crippen LogP contribution is 2.25. The van der Waals surface area contributed by atoms with Crippen molar-refractivity contribution in [1.29, 1.82) is 0 Å². The third-order valence-corrected chi connectivity index (χ3v) is 2.65. The molecule has 2 heterocycles. The molecule has 0 saturated carbocycles. The Labute approximate surface area is 102 Å². The van der Waals surface area contributed by atoms with Gasteiger partial charge in [-0.1, -0.05) is 0 Å². The molecule has 0 aromatic carbocycles. The van der Waals surface area contributed by atoms with Gasteiger partial charge in [-0.25, -0.2) is 4.79 Å². The molecule has 0 radical (unpaired) electrons. The second-order valence-corrected chi connectivity index (χ2v) is 3.77. The van der Waals surface area contributed by atoms with E-state index in [1.165, 1.54) is 0 Å². The summed E-state index contributed by atoms with van der Waals surface area (Å²) in [5, 5.41) is 39.6. The molecule has 2 rings (SSSR count). The fourth-order valence-electron chi connectivity index (χ4n) is 1.74. The molecule has 2 aliphatic rings. The molecule has 98 valence electrons. The number of rotatable bonds is 2. The van der Waals surface area contributed by atoms with Gasteiger partial charge in [0.05, 0.1) is 7.98 Å². The number of nitrogens with zero attached hydrogens (tertiary/aromatic N) is 1. The van der Waals surface area contributed by atoms with Crippen LogP contribution in [0.25, 0.3) is 0 Å². The van der Waals surface area contributed by atoms with Crippen LogP contribution in [0.15, 0.2) is 0 Å². The first-order chi connectivity index (χ1) is 9.20. The van der Waals surface area contributed by atoms with E-state index in [-0.39, 0.29) is 0 Å². The van der Waals surface area contributed by atoms with Crippen molar-refractivity contribution in [3.63, 3.8) is 0 Å². The normalized spacial score (nSPS) is 58.2. The largest absolute Gasteiger partial charge is 0.394 e. The van der Waals surface area contributed by atoms with Crippen LogP contribution in [0.2, 0.25) is 0 Å². The molecule has 2 fully saturated rings. The standard InChI is InChI=1S/C9H16N2O6/c12-3-4-6(14)7(15)8(17-4)11-2-1-5(13)10-9(11)16/h4-8,12-15H,1-3H2,(H,10,16)/t4-,5?,6-,7-,8-/m1/s1/i1D,2D,5D/t1?,2?,4-,5?,6-,7-,8-. The molecule has 0 bridgehead atoms. The zero-order chi connectivity index (χ0) is 15.2. The molecule has 7 atom stereocenters. The van der Waals surface area contributed by atoms with Crippen LogP contribution in [0.4, 0.5) is 4.79 Å². The predicted octanol–water partition coefficient (Wildman–Crippen LogP) is -2.84. The molecule has 2 amide bonds. The van der Waals surface area contributed by atoms with Crippen molar-refractivity contribution in [2.24, 2.45) is 0 Å². The molecule has 0 aliphatic carbocycles. The highest BCUT2D eigenvalue weighted by Gasteiger charge is 2.47. The molecular formula is C9H16N2O6. The molecule has 0 spiro atoms. The Morgan fingerprint density at radius 3 is 2.82 bits per heavy atom. The average Bonchev–Trinajstić information content (AvgIpc) is 2.64. The smallest absolute Gasteiger partial charge is 0.321 e. The lowest BCUT2D eigenvalue weighted by Gasteiger charge is -2.35. The van der Waals surface area contributed by atoms with E-state index < -0.39 is 56.3 Å². The summed E-state index contributed by atoms with van der Waals surface area (Å²) in [7, 11) is 0. The number of urea groups is 1. The first kappa shape index (κ1) is 9.06. The number of ether oxygens (including phenoxy) is 1. The van der Waals surface area contributed by atoms with E-state index in [0.717, 1.165) is 0 Å². The van der Waals surface area contributed by atoms with E-state index in [4.69, 9.17) is 14.0 Å². The summed E-state index contributed by atoms with van der Waals surface area (Å²) < 4.78 is 27.7. The van der Waals surface area contributed by atoms with Crippen LogP contribution < -0.4 is 5.32 Å². The summed E-state index contributed by atoms with van der Waals surface area (Å²) in [5.74, 6) is 0. The Morgan fingerprint density at radius 2 is 2.24 bits per heavy atom. The van der Waals surface area contributed by atoms with Gasteiger partial charge in [-0.15, -0.1) is 0 Å². The number of aliphatic hydroxyl groups excluding tert-OH is 3. The minimum absolute atomic E-state index is 0.598. The van der Waals surface area contributed by atoms with Crippen LogP contribution >= 0.6 is 0 Å². The molecule has 0 aromatic rings. The minimum atomic E-state index is -2.63. The van der Waals surface area contributed by atoms with Crippen molar-refractivity contribution >= 4 is 6.03 Å².